The van der Waals surface area contributed by atoms with Crippen molar-refractivity contribution in [1.29, 1.82) is 0 Å². The third-order valence-electron chi connectivity index (χ3n) is 3.49. The molecule has 0 bridgehead atoms. The van der Waals surface area contributed by atoms with Gasteiger partial charge in [-0.1, -0.05) is 13.0 Å². The molecule has 1 atom stereocenters. The highest BCUT2D eigenvalue weighted by Gasteiger charge is 2.21. The zero-order valence-electron chi connectivity index (χ0n) is 10.5. The largest absolute Gasteiger partial charge is 0.469 e. The number of esters is 1. The molecule has 2 rings (SSSR count). The molecule has 0 aromatic carbocycles. The van der Waals surface area contributed by atoms with Gasteiger partial charge in [-0.25, -0.2) is 0 Å². The SMILES string of the molecule is CCC(C(=O)OC)c1cnc2c(c1)CCCC2. The lowest BCUT2D eigenvalue weighted by Gasteiger charge is -2.18. The van der Waals surface area contributed by atoms with Crippen molar-refractivity contribution in [3.05, 3.63) is 29.1 Å². The number of pyridine rings is 1. The molecule has 1 unspecified atom stereocenters. The Labute approximate surface area is 102 Å². The molecule has 0 saturated carbocycles. The molecule has 1 aliphatic carbocycles. The third-order valence-corrected chi connectivity index (χ3v) is 3.49. The van der Waals surface area contributed by atoms with E-state index in [1.807, 2.05) is 13.1 Å². The predicted molar refractivity (Wildman–Crippen MR) is 65.9 cm³/mol. The average Bonchev–Trinajstić information content (AvgIpc) is 2.39. The summed E-state index contributed by atoms with van der Waals surface area (Å²) in [6, 6.07) is 2.15. The number of fused-ring (bicyclic) bond motifs is 1. The van der Waals surface area contributed by atoms with Crippen LogP contribution in [0.2, 0.25) is 0 Å². The number of carbonyl (C=O) groups excluding carboxylic acids is 1. The first-order chi connectivity index (χ1) is 8.26. The van der Waals surface area contributed by atoms with E-state index >= 15 is 0 Å². The summed E-state index contributed by atoms with van der Waals surface area (Å²) in [7, 11) is 1.44. The van der Waals surface area contributed by atoms with Crippen LogP contribution in [0.25, 0.3) is 0 Å². The normalized spacial score (nSPS) is 16.1. The summed E-state index contributed by atoms with van der Waals surface area (Å²) in [5.74, 6) is -0.329. The van der Waals surface area contributed by atoms with E-state index in [1.54, 1.807) is 0 Å². The van der Waals surface area contributed by atoms with Crippen molar-refractivity contribution < 1.29 is 9.53 Å². The van der Waals surface area contributed by atoms with Crippen molar-refractivity contribution in [2.45, 2.75) is 44.9 Å². The fraction of sp³-hybridized carbons (Fsp3) is 0.571. The van der Waals surface area contributed by atoms with Gasteiger partial charge in [0, 0.05) is 11.9 Å². The van der Waals surface area contributed by atoms with E-state index in [0.717, 1.165) is 24.8 Å². The lowest BCUT2D eigenvalue weighted by atomic mass is 9.91. The van der Waals surface area contributed by atoms with Crippen molar-refractivity contribution >= 4 is 5.97 Å². The summed E-state index contributed by atoms with van der Waals surface area (Å²) in [6.07, 6.45) is 7.22. The Balaban J connectivity index is 2.29. The van der Waals surface area contributed by atoms with E-state index in [1.165, 1.54) is 31.2 Å². The van der Waals surface area contributed by atoms with Crippen LogP contribution in [-0.2, 0) is 22.4 Å². The monoisotopic (exact) mass is 233 g/mol. The number of rotatable bonds is 3. The van der Waals surface area contributed by atoms with Crippen LogP contribution in [0.5, 0.6) is 0 Å². The van der Waals surface area contributed by atoms with Crippen LogP contribution < -0.4 is 0 Å². The first-order valence-corrected chi connectivity index (χ1v) is 6.31. The van der Waals surface area contributed by atoms with Crippen LogP contribution in [-0.4, -0.2) is 18.1 Å². The molecule has 0 N–H and O–H groups in total. The Morgan fingerprint density at radius 1 is 1.47 bits per heavy atom. The van der Waals surface area contributed by atoms with Crippen LogP contribution >= 0.6 is 0 Å². The van der Waals surface area contributed by atoms with Crippen LogP contribution in [0.3, 0.4) is 0 Å². The van der Waals surface area contributed by atoms with Gasteiger partial charge in [0.2, 0.25) is 0 Å². The standard InChI is InChI=1S/C14H19NO2/c1-3-12(14(16)17-2)11-8-10-6-4-5-7-13(10)15-9-11/h8-9,12H,3-7H2,1-2H3. The average molecular weight is 233 g/mol. The second kappa shape index (κ2) is 5.30. The van der Waals surface area contributed by atoms with Crippen LogP contribution in [0, 0.1) is 0 Å². The minimum absolute atomic E-state index is 0.162. The number of hydrogen-bond acceptors (Lipinski definition) is 3. The molecule has 1 aromatic heterocycles. The molecule has 0 saturated heterocycles. The molecule has 3 heteroatoms. The maximum absolute atomic E-state index is 11.7. The summed E-state index contributed by atoms with van der Waals surface area (Å²) >= 11 is 0. The van der Waals surface area contributed by atoms with Gasteiger partial charge >= 0.3 is 5.97 Å². The zero-order valence-corrected chi connectivity index (χ0v) is 10.5. The highest BCUT2D eigenvalue weighted by atomic mass is 16.5. The van der Waals surface area contributed by atoms with E-state index < -0.39 is 0 Å². The van der Waals surface area contributed by atoms with Gasteiger partial charge in [0.25, 0.3) is 0 Å². The molecule has 0 spiro atoms. The van der Waals surface area contributed by atoms with Gasteiger partial charge in [0.05, 0.1) is 13.0 Å². The first kappa shape index (κ1) is 12.1. The number of carbonyl (C=O) groups is 1. The van der Waals surface area contributed by atoms with Crippen LogP contribution in [0.15, 0.2) is 12.3 Å². The van der Waals surface area contributed by atoms with E-state index in [0.29, 0.717) is 0 Å². The summed E-state index contributed by atoms with van der Waals surface area (Å²) in [5, 5.41) is 0. The zero-order chi connectivity index (χ0) is 12.3. The summed E-state index contributed by atoms with van der Waals surface area (Å²) in [6.45, 7) is 2.00. The molecule has 1 aliphatic rings. The van der Waals surface area contributed by atoms with Crippen LogP contribution in [0.4, 0.5) is 0 Å². The molecule has 0 fully saturated rings. The first-order valence-electron chi connectivity index (χ1n) is 6.31. The lowest BCUT2D eigenvalue weighted by Crippen LogP contribution is -2.15. The lowest BCUT2D eigenvalue weighted by molar-refractivity contribution is -0.142. The fourth-order valence-corrected chi connectivity index (χ4v) is 2.48. The molecule has 0 aliphatic heterocycles. The van der Waals surface area contributed by atoms with E-state index in [4.69, 9.17) is 4.74 Å². The van der Waals surface area contributed by atoms with Crippen molar-refractivity contribution in [1.82, 2.24) is 4.98 Å². The summed E-state index contributed by atoms with van der Waals surface area (Å²) in [5.41, 5.74) is 3.52. The van der Waals surface area contributed by atoms with Gasteiger partial charge in [-0.2, -0.15) is 0 Å². The molecule has 0 radical (unpaired) electrons. The number of hydrogen-bond donors (Lipinski definition) is 0. The van der Waals surface area contributed by atoms with Gasteiger partial charge in [-0.05, 0) is 43.2 Å². The predicted octanol–water partition coefficient (Wildman–Crippen LogP) is 2.63. The molecule has 92 valence electrons. The van der Waals surface area contributed by atoms with E-state index in [2.05, 4.69) is 11.1 Å². The smallest absolute Gasteiger partial charge is 0.313 e. The van der Waals surface area contributed by atoms with Gasteiger partial charge in [-0.15, -0.1) is 0 Å². The Hall–Kier alpha value is -1.38. The van der Waals surface area contributed by atoms with Crippen molar-refractivity contribution in [2.24, 2.45) is 0 Å². The minimum atomic E-state index is -0.167. The van der Waals surface area contributed by atoms with Gasteiger partial charge in [0.15, 0.2) is 0 Å². The number of nitrogens with zero attached hydrogens (tertiary/aromatic N) is 1. The second-order valence-electron chi connectivity index (χ2n) is 4.57. The topological polar surface area (TPSA) is 39.2 Å². The highest BCUT2D eigenvalue weighted by molar-refractivity contribution is 5.77. The Morgan fingerprint density at radius 3 is 2.94 bits per heavy atom. The maximum Gasteiger partial charge on any atom is 0.313 e. The minimum Gasteiger partial charge on any atom is -0.469 e. The number of methoxy groups -OCH3 is 1. The Kier molecular flexibility index (Phi) is 3.77. The third kappa shape index (κ3) is 2.48. The molecular formula is C14H19NO2. The quantitative estimate of drug-likeness (QED) is 0.753. The van der Waals surface area contributed by atoms with Crippen molar-refractivity contribution in [3.8, 4) is 0 Å². The fourth-order valence-electron chi connectivity index (χ4n) is 2.48. The molecule has 3 nitrogen and oxygen atoms in total. The van der Waals surface area contributed by atoms with Gasteiger partial charge in [-0.3, -0.25) is 9.78 Å². The summed E-state index contributed by atoms with van der Waals surface area (Å²) in [4.78, 5) is 16.2. The molecule has 0 amide bonds. The molecule has 17 heavy (non-hydrogen) atoms. The second-order valence-corrected chi connectivity index (χ2v) is 4.57. The Morgan fingerprint density at radius 2 is 2.24 bits per heavy atom. The molecule has 1 aromatic rings. The van der Waals surface area contributed by atoms with E-state index in [9.17, 15) is 4.79 Å². The Bertz CT molecular complexity index is 415. The highest BCUT2D eigenvalue weighted by Crippen LogP contribution is 2.26. The number of aryl methyl sites for hydroxylation is 2. The van der Waals surface area contributed by atoms with Gasteiger partial charge < -0.3 is 4.74 Å². The van der Waals surface area contributed by atoms with Crippen LogP contribution in [0.1, 0.15) is 48.9 Å². The van der Waals surface area contributed by atoms with Crippen molar-refractivity contribution in [2.75, 3.05) is 7.11 Å². The summed E-state index contributed by atoms with van der Waals surface area (Å²) < 4.78 is 4.84. The van der Waals surface area contributed by atoms with Gasteiger partial charge in [0.1, 0.15) is 0 Å². The molecule has 1 heterocycles. The van der Waals surface area contributed by atoms with Crippen molar-refractivity contribution in [3.63, 3.8) is 0 Å². The maximum atomic E-state index is 11.7. The molecular weight excluding hydrogens is 214 g/mol. The van der Waals surface area contributed by atoms with E-state index in [-0.39, 0.29) is 11.9 Å². The number of aromatic nitrogens is 1. The number of ether oxygens (including phenoxy) is 1.